The first kappa shape index (κ1) is 14.0. The Balaban J connectivity index is 2.02. The molecule has 0 aromatic heterocycles. The van der Waals surface area contributed by atoms with Crippen LogP contribution in [-0.2, 0) is 19.3 Å². The standard InChI is InChI=1S/C24H22/c1-3-6-17-13-15(2)18-11-12-21-20-10-9-16-7-4-5-8-19(16)23(20)14-22(17)24(18)21/h4-5,7-10,13-14H,3,6,11-12H2,1-2H3. The second-order valence-electron chi connectivity index (χ2n) is 7.24. The van der Waals surface area contributed by atoms with Crippen LogP contribution in [0.15, 0.2) is 48.5 Å². The first-order valence-electron chi connectivity index (χ1n) is 9.16. The fourth-order valence-electron chi connectivity index (χ4n) is 4.76. The SMILES string of the molecule is CCCc1cc(C)c2c3c(c4ccc5ccccc5c4cc13)CC2. The van der Waals surface area contributed by atoms with Crippen LogP contribution in [-0.4, -0.2) is 0 Å². The van der Waals surface area contributed by atoms with Crippen LogP contribution in [0.25, 0.3) is 32.3 Å². The van der Waals surface area contributed by atoms with Crippen molar-refractivity contribution in [3.8, 4) is 0 Å². The van der Waals surface area contributed by atoms with Gasteiger partial charge in [0.05, 0.1) is 0 Å². The molecule has 0 saturated carbocycles. The smallest absolute Gasteiger partial charge is 0.00961 e. The van der Waals surface area contributed by atoms with E-state index in [0.717, 1.165) is 0 Å². The Hall–Kier alpha value is -2.34. The lowest BCUT2D eigenvalue weighted by Gasteiger charge is -2.14. The number of fused-ring (bicyclic) bond motifs is 4. The van der Waals surface area contributed by atoms with Gasteiger partial charge in [-0.2, -0.15) is 0 Å². The monoisotopic (exact) mass is 310 g/mol. The number of benzene rings is 4. The van der Waals surface area contributed by atoms with Gasteiger partial charge in [0, 0.05) is 0 Å². The molecular weight excluding hydrogens is 288 g/mol. The van der Waals surface area contributed by atoms with Gasteiger partial charge in [-0.3, -0.25) is 0 Å². The molecule has 0 spiro atoms. The second-order valence-corrected chi connectivity index (χ2v) is 7.24. The Morgan fingerprint density at radius 1 is 0.792 bits per heavy atom. The van der Waals surface area contributed by atoms with E-state index in [1.807, 2.05) is 0 Å². The van der Waals surface area contributed by atoms with E-state index >= 15 is 0 Å². The van der Waals surface area contributed by atoms with E-state index in [9.17, 15) is 0 Å². The Morgan fingerprint density at radius 3 is 2.50 bits per heavy atom. The van der Waals surface area contributed by atoms with E-state index in [1.54, 1.807) is 16.5 Å². The van der Waals surface area contributed by atoms with Gasteiger partial charge in [-0.05, 0) is 86.8 Å². The highest BCUT2D eigenvalue weighted by Crippen LogP contribution is 2.41. The fourth-order valence-corrected chi connectivity index (χ4v) is 4.76. The molecule has 0 heteroatoms. The summed E-state index contributed by atoms with van der Waals surface area (Å²) in [4.78, 5) is 0. The quantitative estimate of drug-likeness (QED) is 0.292. The van der Waals surface area contributed by atoms with Crippen molar-refractivity contribution < 1.29 is 0 Å². The summed E-state index contributed by atoms with van der Waals surface area (Å²) in [5, 5.41) is 8.72. The Kier molecular flexibility index (Phi) is 2.97. The average molecular weight is 310 g/mol. The molecule has 0 unspecified atom stereocenters. The molecule has 0 nitrogen and oxygen atoms in total. The van der Waals surface area contributed by atoms with E-state index in [1.165, 1.54) is 63.7 Å². The predicted molar refractivity (Wildman–Crippen MR) is 105 cm³/mol. The lowest BCUT2D eigenvalue weighted by Crippen LogP contribution is -1.93. The Morgan fingerprint density at radius 2 is 1.62 bits per heavy atom. The van der Waals surface area contributed by atoms with Crippen molar-refractivity contribution in [2.24, 2.45) is 0 Å². The number of hydrogen-bond donors (Lipinski definition) is 0. The summed E-state index contributed by atoms with van der Waals surface area (Å²) < 4.78 is 0. The van der Waals surface area contributed by atoms with Crippen LogP contribution in [0, 0.1) is 6.92 Å². The van der Waals surface area contributed by atoms with Crippen molar-refractivity contribution in [2.45, 2.75) is 39.5 Å². The summed E-state index contributed by atoms with van der Waals surface area (Å²) >= 11 is 0. The van der Waals surface area contributed by atoms with Crippen LogP contribution in [0.2, 0.25) is 0 Å². The third kappa shape index (κ3) is 1.80. The molecule has 0 atom stereocenters. The molecule has 0 amide bonds. The minimum atomic E-state index is 1.17. The van der Waals surface area contributed by atoms with Gasteiger partial charge >= 0.3 is 0 Å². The summed E-state index contributed by atoms with van der Waals surface area (Å²) in [7, 11) is 0. The highest BCUT2D eigenvalue weighted by atomic mass is 14.2. The minimum Gasteiger partial charge on any atom is -0.0651 e. The summed E-state index contributed by atoms with van der Waals surface area (Å²) in [6.07, 6.45) is 4.78. The van der Waals surface area contributed by atoms with Gasteiger partial charge in [-0.1, -0.05) is 55.8 Å². The topological polar surface area (TPSA) is 0 Å². The van der Waals surface area contributed by atoms with Gasteiger partial charge in [0.25, 0.3) is 0 Å². The molecule has 118 valence electrons. The molecule has 1 aliphatic carbocycles. The van der Waals surface area contributed by atoms with Gasteiger partial charge in [-0.15, -0.1) is 0 Å². The average Bonchev–Trinajstić information content (AvgIpc) is 3.05. The lowest BCUT2D eigenvalue weighted by atomic mass is 9.89. The number of aryl methyl sites for hydroxylation is 4. The van der Waals surface area contributed by atoms with Crippen molar-refractivity contribution in [3.63, 3.8) is 0 Å². The zero-order valence-electron chi connectivity index (χ0n) is 14.4. The number of rotatable bonds is 2. The molecule has 0 bridgehead atoms. The predicted octanol–water partition coefficient (Wildman–Crippen LogP) is 6.51. The van der Waals surface area contributed by atoms with Crippen LogP contribution in [0.4, 0.5) is 0 Å². The first-order valence-corrected chi connectivity index (χ1v) is 9.16. The van der Waals surface area contributed by atoms with E-state index in [-0.39, 0.29) is 0 Å². The zero-order valence-corrected chi connectivity index (χ0v) is 14.4. The van der Waals surface area contributed by atoms with Crippen LogP contribution in [0.1, 0.15) is 35.6 Å². The van der Waals surface area contributed by atoms with Crippen LogP contribution < -0.4 is 0 Å². The summed E-state index contributed by atoms with van der Waals surface area (Å²) in [5.41, 5.74) is 6.20. The summed E-state index contributed by atoms with van der Waals surface area (Å²) in [6.45, 7) is 4.58. The van der Waals surface area contributed by atoms with Crippen molar-refractivity contribution in [1.82, 2.24) is 0 Å². The molecule has 0 aliphatic heterocycles. The van der Waals surface area contributed by atoms with Crippen LogP contribution >= 0.6 is 0 Å². The summed E-state index contributed by atoms with van der Waals surface area (Å²) in [5.74, 6) is 0. The third-order valence-corrected chi connectivity index (χ3v) is 5.81. The molecular formula is C24H22. The maximum Gasteiger partial charge on any atom is -0.00961 e. The van der Waals surface area contributed by atoms with Gasteiger partial charge < -0.3 is 0 Å². The fraction of sp³-hybridized carbons (Fsp3) is 0.250. The van der Waals surface area contributed by atoms with Crippen molar-refractivity contribution in [2.75, 3.05) is 0 Å². The third-order valence-electron chi connectivity index (χ3n) is 5.81. The maximum atomic E-state index is 2.48. The molecule has 4 aromatic carbocycles. The van der Waals surface area contributed by atoms with Crippen LogP contribution in [0.5, 0.6) is 0 Å². The van der Waals surface area contributed by atoms with Crippen molar-refractivity contribution in [1.29, 1.82) is 0 Å². The van der Waals surface area contributed by atoms with Gasteiger partial charge in [0.2, 0.25) is 0 Å². The largest absolute Gasteiger partial charge is 0.0651 e. The molecule has 0 fully saturated rings. The van der Waals surface area contributed by atoms with E-state index in [2.05, 4.69) is 62.4 Å². The molecule has 0 N–H and O–H groups in total. The maximum absolute atomic E-state index is 2.48. The number of hydrogen-bond acceptors (Lipinski definition) is 0. The molecule has 5 rings (SSSR count). The Labute approximate surface area is 143 Å². The Bertz CT molecular complexity index is 1120. The van der Waals surface area contributed by atoms with Gasteiger partial charge in [-0.25, -0.2) is 0 Å². The summed E-state index contributed by atoms with van der Waals surface area (Å²) in [6, 6.07) is 18.4. The zero-order chi connectivity index (χ0) is 16.3. The highest BCUT2D eigenvalue weighted by molar-refractivity contribution is 6.15. The molecule has 1 aliphatic rings. The molecule has 0 heterocycles. The van der Waals surface area contributed by atoms with Crippen LogP contribution in [0.3, 0.4) is 0 Å². The van der Waals surface area contributed by atoms with Crippen molar-refractivity contribution >= 4 is 32.3 Å². The second kappa shape index (κ2) is 5.08. The van der Waals surface area contributed by atoms with E-state index in [0.29, 0.717) is 0 Å². The molecule has 0 saturated heterocycles. The molecule has 24 heavy (non-hydrogen) atoms. The van der Waals surface area contributed by atoms with Gasteiger partial charge in [0.15, 0.2) is 0 Å². The highest BCUT2D eigenvalue weighted by Gasteiger charge is 2.21. The minimum absolute atomic E-state index is 1.17. The first-order chi connectivity index (χ1) is 11.8. The van der Waals surface area contributed by atoms with Crippen molar-refractivity contribution in [3.05, 3.63) is 70.8 Å². The normalized spacial score (nSPS) is 13.4. The molecule has 0 radical (unpaired) electrons. The molecule has 4 aromatic rings. The lowest BCUT2D eigenvalue weighted by molar-refractivity contribution is 0.927. The van der Waals surface area contributed by atoms with E-state index in [4.69, 9.17) is 0 Å². The van der Waals surface area contributed by atoms with Gasteiger partial charge in [0.1, 0.15) is 0 Å². The van der Waals surface area contributed by atoms with E-state index < -0.39 is 0 Å².